The van der Waals surface area contributed by atoms with E-state index in [2.05, 4.69) is 0 Å². The standard InChI is InChI=1S/C20H26O6S2/c1-12(21)24-17-15(20-27-9-6-10-28-20)19(22-2)25-14-11-23-18(26-16(14)17)13-7-4-3-5-8-13/h3-5,7-8,14-20H,6,9-11H2,1-2H3/t14-,15+,16-,17+,18-,19+/m1/s1. The number of benzene rings is 1. The van der Waals surface area contributed by atoms with Gasteiger partial charge in [0.15, 0.2) is 12.6 Å². The second-order valence-electron chi connectivity index (χ2n) is 7.07. The number of methoxy groups -OCH3 is 1. The molecule has 8 heteroatoms. The molecule has 28 heavy (non-hydrogen) atoms. The smallest absolute Gasteiger partial charge is 0.303 e. The maximum Gasteiger partial charge on any atom is 0.303 e. The fourth-order valence-corrected chi connectivity index (χ4v) is 7.18. The maximum absolute atomic E-state index is 12.0. The van der Waals surface area contributed by atoms with Gasteiger partial charge in [-0.1, -0.05) is 30.3 Å². The first-order chi connectivity index (χ1) is 13.7. The van der Waals surface area contributed by atoms with Crippen molar-refractivity contribution in [2.75, 3.05) is 25.2 Å². The first-order valence-corrected chi connectivity index (χ1v) is 11.7. The van der Waals surface area contributed by atoms with E-state index in [-0.39, 0.29) is 22.6 Å². The molecule has 4 rings (SSSR count). The van der Waals surface area contributed by atoms with E-state index in [0.29, 0.717) is 6.61 Å². The molecule has 0 saturated carbocycles. The maximum atomic E-state index is 12.0. The predicted octanol–water partition coefficient (Wildman–Crippen LogP) is 3.22. The van der Waals surface area contributed by atoms with E-state index in [0.717, 1.165) is 17.1 Å². The lowest BCUT2D eigenvalue weighted by Crippen LogP contribution is -2.62. The third kappa shape index (κ3) is 4.37. The Labute approximate surface area is 173 Å². The summed E-state index contributed by atoms with van der Waals surface area (Å²) in [6.07, 6.45) is -0.975. The van der Waals surface area contributed by atoms with Gasteiger partial charge in [0.1, 0.15) is 18.3 Å². The minimum absolute atomic E-state index is 0.111. The van der Waals surface area contributed by atoms with Gasteiger partial charge in [-0.05, 0) is 17.9 Å². The highest BCUT2D eigenvalue weighted by molar-refractivity contribution is 8.17. The van der Waals surface area contributed by atoms with Crippen LogP contribution in [-0.4, -0.2) is 60.4 Å². The molecule has 1 aromatic rings. The number of rotatable bonds is 4. The molecule has 0 aromatic heterocycles. The molecule has 0 radical (unpaired) electrons. The number of fused-ring (bicyclic) bond motifs is 1. The molecule has 0 amide bonds. The predicted molar refractivity (Wildman–Crippen MR) is 108 cm³/mol. The summed E-state index contributed by atoms with van der Waals surface area (Å²) < 4.78 is 30.2. The SMILES string of the molecule is CO[C@H]1O[C@@H]2CO[C@@H](c3ccccc3)O[C@H]2[C@@H](OC(C)=O)[C@@H]1C1SCCCS1. The quantitative estimate of drug-likeness (QED) is 0.680. The molecule has 3 aliphatic rings. The Morgan fingerprint density at radius 3 is 2.57 bits per heavy atom. The fraction of sp³-hybridized carbons (Fsp3) is 0.650. The first kappa shape index (κ1) is 20.5. The van der Waals surface area contributed by atoms with Crippen LogP contribution in [-0.2, 0) is 28.5 Å². The van der Waals surface area contributed by atoms with Crippen LogP contribution in [0.25, 0.3) is 0 Å². The number of ether oxygens (including phenoxy) is 5. The summed E-state index contributed by atoms with van der Waals surface area (Å²) >= 11 is 3.76. The lowest BCUT2D eigenvalue weighted by molar-refractivity contribution is -0.349. The van der Waals surface area contributed by atoms with E-state index in [4.69, 9.17) is 23.7 Å². The molecule has 3 heterocycles. The van der Waals surface area contributed by atoms with Gasteiger partial charge in [-0.25, -0.2) is 0 Å². The highest BCUT2D eigenvalue weighted by Crippen LogP contribution is 2.46. The van der Waals surface area contributed by atoms with Crippen LogP contribution in [0, 0.1) is 5.92 Å². The summed E-state index contributed by atoms with van der Waals surface area (Å²) in [5.41, 5.74) is 0.939. The first-order valence-electron chi connectivity index (χ1n) is 9.58. The molecule has 0 aliphatic carbocycles. The van der Waals surface area contributed by atoms with E-state index in [9.17, 15) is 4.79 Å². The Kier molecular flexibility index (Phi) is 6.85. The molecule has 0 N–H and O–H groups in total. The van der Waals surface area contributed by atoms with Crippen LogP contribution in [0.1, 0.15) is 25.2 Å². The van der Waals surface area contributed by atoms with Crippen molar-refractivity contribution >= 4 is 29.5 Å². The number of thioether (sulfide) groups is 2. The van der Waals surface area contributed by atoms with Crippen LogP contribution in [0.15, 0.2) is 30.3 Å². The lowest BCUT2D eigenvalue weighted by Gasteiger charge is -2.50. The molecule has 3 saturated heterocycles. The molecular weight excluding hydrogens is 400 g/mol. The number of esters is 1. The lowest BCUT2D eigenvalue weighted by atomic mass is 9.91. The molecule has 6 nitrogen and oxygen atoms in total. The highest BCUT2D eigenvalue weighted by Gasteiger charge is 2.54. The monoisotopic (exact) mass is 426 g/mol. The second kappa shape index (κ2) is 9.36. The van der Waals surface area contributed by atoms with Gasteiger partial charge in [0.2, 0.25) is 0 Å². The normalized spacial score (nSPS) is 36.5. The topological polar surface area (TPSA) is 63.2 Å². The van der Waals surface area contributed by atoms with Crippen molar-refractivity contribution in [1.29, 1.82) is 0 Å². The van der Waals surface area contributed by atoms with Gasteiger partial charge in [-0.3, -0.25) is 4.79 Å². The average molecular weight is 427 g/mol. The number of carbonyl (C=O) groups excluding carboxylic acids is 1. The van der Waals surface area contributed by atoms with Crippen LogP contribution in [0.2, 0.25) is 0 Å². The van der Waals surface area contributed by atoms with Crippen molar-refractivity contribution < 1.29 is 28.5 Å². The van der Waals surface area contributed by atoms with E-state index in [1.165, 1.54) is 13.3 Å². The molecule has 1 aromatic carbocycles. The third-order valence-electron chi connectivity index (χ3n) is 5.16. The number of hydrogen-bond acceptors (Lipinski definition) is 8. The molecular formula is C20H26O6S2. The van der Waals surface area contributed by atoms with Crippen LogP contribution >= 0.6 is 23.5 Å². The van der Waals surface area contributed by atoms with E-state index in [1.807, 2.05) is 53.9 Å². The van der Waals surface area contributed by atoms with Crippen molar-refractivity contribution in [3.63, 3.8) is 0 Å². The number of carbonyl (C=O) groups is 1. The molecule has 3 aliphatic heterocycles. The fourth-order valence-electron chi connectivity index (χ4n) is 3.94. The Bertz CT molecular complexity index is 653. The van der Waals surface area contributed by atoms with E-state index < -0.39 is 24.8 Å². The van der Waals surface area contributed by atoms with Crippen LogP contribution in [0.5, 0.6) is 0 Å². The van der Waals surface area contributed by atoms with Gasteiger partial charge in [0, 0.05) is 19.6 Å². The van der Waals surface area contributed by atoms with Gasteiger partial charge in [-0.15, -0.1) is 23.5 Å². The van der Waals surface area contributed by atoms with Crippen molar-refractivity contribution in [3.05, 3.63) is 35.9 Å². The number of hydrogen-bond donors (Lipinski definition) is 0. The van der Waals surface area contributed by atoms with Crippen molar-refractivity contribution in [3.8, 4) is 0 Å². The molecule has 6 atom stereocenters. The minimum Gasteiger partial charge on any atom is -0.459 e. The average Bonchev–Trinajstić information content (AvgIpc) is 2.74. The molecule has 3 fully saturated rings. The van der Waals surface area contributed by atoms with Crippen LogP contribution < -0.4 is 0 Å². The zero-order chi connectivity index (χ0) is 19.5. The summed E-state index contributed by atoms with van der Waals surface area (Å²) in [5, 5.41) is 0. The van der Waals surface area contributed by atoms with E-state index >= 15 is 0 Å². The Hall–Kier alpha value is -0.770. The van der Waals surface area contributed by atoms with Gasteiger partial charge in [-0.2, -0.15) is 0 Å². The Balaban J connectivity index is 1.60. The van der Waals surface area contributed by atoms with Gasteiger partial charge in [0.25, 0.3) is 0 Å². The molecule has 0 bridgehead atoms. The Morgan fingerprint density at radius 2 is 1.89 bits per heavy atom. The zero-order valence-electron chi connectivity index (χ0n) is 16.0. The van der Waals surface area contributed by atoms with Crippen LogP contribution in [0.4, 0.5) is 0 Å². The summed E-state index contributed by atoms with van der Waals surface area (Å²) in [7, 11) is 1.64. The summed E-state index contributed by atoms with van der Waals surface area (Å²) in [6, 6.07) is 9.80. The Morgan fingerprint density at radius 1 is 1.14 bits per heavy atom. The molecule has 0 unspecified atom stereocenters. The van der Waals surface area contributed by atoms with Crippen molar-refractivity contribution in [1.82, 2.24) is 0 Å². The summed E-state index contributed by atoms with van der Waals surface area (Å²) in [4.78, 5) is 12.0. The van der Waals surface area contributed by atoms with Crippen molar-refractivity contribution in [2.45, 2.75) is 48.8 Å². The highest BCUT2D eigenvalue weighted by atomic mass is 32.2. The largest absolute Gasteiger partial charge is 0.459 e. The zero-order valence-corrected chi connectivity index (χ0v) is 17.7. The van der Waals surface area contributed by atoms with Gasteiger partial charge in [0.05, 0.1) is 17.1 Å². The third-order valence-corrected chi connectivity index (χ3v) is 8.31. The van der Waals surface area contributed by atoms with Gasteiger partial charge >= 0.3 is 5.97 Å². The summed E-state index contributed by atoms with van der Waals surface area (Å²) in [6.45, 7) is 1.80. The van der Waals surface area contributed by atoms with Crippen molar-refractivity contribution in [2.24, 2.45) is 5.92 Å². The molecule has 154 valence electrons. The summed E-state index contributed by atoms with van der Waals surface area (Å²) in [5.74, 6) is 1.74. The van der Waals surface area contributed by atoms with E-state index in [1.54, 1.807) is 7.11 Å². The van der Waals surface area contributed by atoms with Crippen LogP contribution in [0.3, 0.4) is 0 Å². The molecule has 0 spiro atoms. The second-order valence-corrected chi connectivity index (χ2v) is 9.87. The minimum atomic E-state index is -0.504. The van der Waals surface area contributed by atoms with Gasteiger partial charge < -0.3 is 23.7 Å².